The van der Waals surface area contributed by atoms with E-state index in [1.165, 1.54) is 25.8 Å². The maximum atomic E-state index is 8.46. The topological polar surface area (TPSA) is 32.3 Å². The first-order valence-corrected chi connectivity index (χ1v) is 4.25. The quantitative estimate of drug-likeness (QED) is 0.557. The standard InChI is InChI=1S/C8H17NO/c10-6-2-5-9-7-8-3-1-4-8/h8-10H,1-7H2. The van der Waals surface area contributed by atoms with Crippen LogP contribution in [0.3, 0.4) is 0 Å². The molecule has 1 aliphatic rings. The Morgan fingerprint density at radius 2 is 2.20 bits per heavy atom. The summed E-state index contributed by atoms with van der Waals surface area (Å²) in [7, 11) is 0. The van der Waals surface area contributed by atoms with Crippen molar-refractivity contribution in [2.24, 2.45) is 5.92 Å². The van der Waals surface area contributed by atoms with Gasteiger partial charge in [0.2, 0.25) is 0 Å². The summed E-state index contributed by atoms with van der Waals surface area (Å²) >= 11 is 0. The van der Waals surface area contributed by atoms with Crippen LogP contribution >= 0.6 is 0 Å². The second-order valence-electron chi connectivity index (χ2n) is 3.08. The molecule has 1 rings (SSSR count). The summed E-state index contributed by atoms with van der Waals surface area (Å²) in [4.78, 5) is 0. The van der Waals surface area contributed by atoms with Crippen molar-refractivity contribution in [2.45, 2.75) is 25.7 Å². The predicted molar refractivity (Wildman–Crippen MR) is 41.9 cm³/mol. The summed E-state index contributed by atoms with van der Waals surface area (Å²) in [6, 6.07) is 0. The van der Waals surface area contributed by atoms with Gasteiger partial charge in [0.25, 0.3) is 0 Å². The summed E-state index contributed by atoms with van der Waals surface area (Å²) in [6.45, 7) is 2.46. The Kier molecular flexibility index (Phi) is 3.76. The van der Waals surface area contributed by atoms with Gasteiger partial charge in [-0.3, -0.25) is 0 Å². The third kappa shape index (κ3) is 2.67. The molecule has 0 unspecified atom stereocenters. The van der Waals surface area contributed by atoms with Gasteiger partial charge < -0.3 is 10.4 Å². The molecule has 1 saturated carbocycles. The van der Waals surface area contributed by atoms with Crippen LogP contribution in [0.2, 0.25) is 0 Å². The lowest BCUT2D eigenvalue weighted by atomic mass is 9.85. The van der Waals surface area contributed by atoms with Crippen LogP contribution in [0.15, 0.2) is 0 Å². The molecule has 0 amide bonds. The molecule has 0 aliphatic heterocycles. The van der Waals surface area contributed by atoms with Gasteiger partial charge in [-0.05, 0) is 38.3 Å². The minimum Gasteiger partial charge on any atom is -0.396 e. The molecule has 2 N–H and O–H groups in total. The normalized spacial score (nSPS) is 18.9. The minimum atomic E-state index is 0.317. The molecule has 0 bridgehead atoms. The van der Waals surface area contributed by atoms with E-state index in [1.54, 1.807) is 0 Å². The third-order valence-electron chi connectivity index (χ3n) is 2.17. The molecule has 0 aromatic carbocycles. The van der Waals surface area contributed by atoms with Crippen molar-refractivity contribution in [1.29, 1.82) is 0 Å². The zero-order valence-corrected chi connectivity index (χ0v) is 6.47. The number of hydrogen-bond donors (Lipinski definition) is 2. The van der Waals surface area contributed by atoms with Gasteiger partial charge in [0.15, 0.2) is 0 Å². The van der Waals surface area contributed by atoms with E-state index in [0.29, 0.717) is 6.61 Å². The molecule has 0 aromatic rings. The fourth-order valence-electron chi connectivity index (χ4n) is 1.21. The third-order valence-corrected chi connectivity index (χ3v) is 2.17. The molecule has 0 saturated heterocycles. The van der Waals surface area contributed by atoms with Crippen LogP contribution in [0.1, 0.15) is 25.7 Å². The molecule has 0 radical (unpaired) electrons. The van der Waals surface area contributed by atoms with E-state index in [-0.39, 0.29) is 0 Å². The van der Waals surface area contributed by atoms with E-state index in [9.17, 15) is 0 Å². The van der Waals surface area contributed by atoms with E-state index < -0.39 is 0 Å². The van der Waals surface area contributed by atoms with Gasteiger partial charge in [-0.25, -0.2) is 0 Å². The van der Waals surface area contributed by atoms with Crippen LogP contribution < -0.4 is 5.32 Å². The smallest absolute Gasteiger partial charge is 0.0443 e. The average Bonchev–Trinajstić information content (AvgIpc) is 1.84. The largest absolute Gasteiger partial charge is 0.396 e. The SMILES string of the molecule is OCCCNCC1CCC1. The summed E-state index contributed by atoms with van der Waals surface area (Å²) in [5, 5.41) is 11.8. The molecule has 1 fully saturated rings. The molecule has 0 heterocycles. The Hall–Kier alpha value is -0.0800. The fourth-order valence-corrected chi connectivity index (χ4v) is 1.21. The van der Waals surface area contributed by atoms with Gasteiger partial charge in [0, 0.05) is 6.61 Å². The van der Waals surface area contributed by atoms with Crippen LogP contribution in [0.25, 0.3) is 0 Å². The highest BCUT2D eigenvalue weighted by Gasteiger charge is 2.15. The van der Waals surface area contributed by atoms with Gasteiger partial charge in [-0.15, -0.1) is 0 Å². The van der Waals surface area contributed by atoms with Crippen LogP contribution in [0.5, 0.6) is 0 Å². The van der Waals surface area contributed by atoms with Crippen molar-refractivity contribution in [3.8, 4) is 0 Å². The lowest BCUT2D eigenvalue weighted by Gasteiger charge is -2.25. The van der Waals surface area contributed by atoms with Crippen LogP contribution in [0, 0.1) is 5.92 Å². The Bertz CT molecular complexity index is 81.3. The lowest BCUT2D eigenvalue weighted by Crippen LogP contribution is -2.28. The molecule has 10 heavy (non-hydrogen) atoms. The number of rotatable bonds is 5. The van der Waals surface area contributed by atoms with Crippen LogP contribution in [-0.4, -0.2) is 24.8 Å². The van der Waals surface area contributed by atoms with Gasteiger partial charge in [0.05, 0.1) is 0 Å². The van der Waals surface area contributed by atoms with Crippen LogP contribution in [-0.2, 0) is 0 Å². The highest BCUT2D eigenvalue weighted by atomic mass is 16.3. The summed E-state index contributed by atoms with van der Waals surface area (Å²) in [6.07, 6.45) is 5.14. The lowest BCUT2D eigenvalue weighted by molar-refractivity contribution is 0.272. The van der Waals surface area contributed by atoms with E-state index in [0.717, 1.165) is 18.9 Å². The number of hydrogen-bond acceptors (Lipinski definition) is 2. The zero-order chi connectivity index (χ0) is 7.23. The summed E-state index contributed by atoms with van der Waals surface area (Å²) in [5.74, 6) is 0.943. The fraction of sp³-hybridized carbons (Fsp3) is 1.00. The second kappa shape index (κ2) is 4.69. The first-order valence-electron chi connectivity index (χ1n) is 4.25. The molecular formula is C8H17NO. The van der Waals surface area contributed by atoms with Crippen LogP contribution in [0.4, 0.5) is 0 Å². The molecule has 1 aliphatic carbocycles. The maximum absolute atomic E-state index is 8.46. The Morgan fingerprint density at radius 1 is 1.40 bits per heavy atom. The van der Waals surface area contributed by atoms with Crippen molar-refractivity contribution in [1.82, 2.24) is 5.32 Å². The average molecular weight is 143 g/mol. The first-order chi connectivity index (χ1) is 4.93. The van der Waals surface area contributed by atoms with E-state index >= 15 is 0 Å². The maximum Gasteiger partial charge on any atom is 0.0443 e. The molecule has 2 heteroatoms. The highest BCUT2D eigenvalue weighted by molar-refractivity contribution is 4.71. The van der Waals surface area contributed by atoms with E-state index in [1.807, 2.05) is 0 Å². The van der Waals surface area contributed by atoms with Gasteiger partial charge in [-0.1, -0.05) is 6.42 Å². The van der Waals surface area contributed by atoms with Crippen molar-refractivity contribution in [2.75, 3.05) is 19.7 Å². The molecule has 2 nitrogen and oxygen atoms in total. The van der Waals surface area contributed by atoms with E-state index in [4.69, 9.17) is 5.11 Å². The van der Waals surface area contributed by atoms with Gasteiger partial charge in [-0.2, -0.15) is 0 Å². The molecule has 0 atom stereocenters. The minimum absolute atomic E-state index is 0.317. The monoisotopic (exact) mass is 143 g/mol. The van der Waals surface area contributed by atoms with Gasteiger partial charge >= 0.3 is 0 Å². The first kappa shape index (κ1) is 8.02. The van der Waals surface area contributed by atoms with Crippen molar-refractivity contribution in [3.63, 3.8) is 0 Å². The number of aliphatic hydroxyl groups excluding tert-OH is 1. The van der Waals surface area contributed by atoms with Crippen molar-refractivity contribution in [3.05, 3.63) is 0 Å². The number of nitrogens with one attached hydrogen (secondary N) is 1. The summed E-state index contributed by atoms with van der Waals surface area (Å²) in [5.41, 5.74) is 0. The van der Waals surface area contributed by atoms with Crippen molar-refractivity contribution < 1.29 is 5.11 Å². The Balaban J connectivity index is 1.76. The zero-order valence-electron chi connectivity index (χ0n) is 6.47. The van der Waals surface area contributed by atoms with Gasteiger partial charge in [0.1, 0.15) is 0 Å². The Morgan fingerprint density at radius 3 is 2.70 bits per heavy atom. The molecule has 60 valence electrons. The second-order valence-corrected chi connectivity index (χ2v) is 3.08. The summed E-state index contributed by atoms with van der Waals surface area (Å²) < 4.78 is 0. The highest BCUT2D eigenvalue weighted by Crippen LogP contribution is 2.24. The molecular weight excluding hydrogens is 126 g/mol. The van der Waals surface area contributed by atoms with Crippen molar-refractivity contribution >= 4 is 0 Å². The predicted octanol–water partition coefficient (Wildman–Crippen LogP) is 0.758. The van der Waals surface area contributed by atoms with E-state index in [2.05, 4.69) is 5.32 Å². The Labute approximate surface area is 62.6 Å². The molecule has 0 spiro atoms. The number of aliphatic hydroxyl groups is 1. The molecule has 0 aromatic heterocycles.